The maximum absolute atomic E-state index is 13.3. The molecular weight excluding hydrogens is 355 g/mol. The molecule has 1 aliphatic heterocycles. The van der Waals surface area contributed by atoms with Crippen molar-refractivity contribution in [1.29, 1.82) is 0 Å². The van der Waals surface area contributed by atoms with Crippen LogP contribution in [0.25, 0.3) is 0 Å². The van der Waals surface area contributed by atoms with E-state index in [1.807, 2.05) is 12.1 Å². The van der Waals surface area contributed by atoms with Crippen LogP contribution >= 0.6 is 11.6 Å². The molecule has 1 saturated heterocycles. The third kappa shape index (κ3) is 5.27. The van der Waals surface area contributed by atoms with Crippen LogP contribution in [0, 0.1) is 5.82 Å². The van der Waals surface area contributed by atoms with E-state index < -0.39 is 0 Å². The van der Waals surface area contributed by atoms with Gasteiger partial charge in [-0.1, -0.05) is 35.9 Å². The molecule has 2 aromatic carbocycles. The lowest BCUT2D eigenvalue weighted by molar-refractivity contribution is -0.120. The molecule has 1 aliphatic rings. The van der Waals surface area contributed by atoms with E-state index in [-0.39, 0.29) is 17.8 Å². The van der Waals surface area contributed by atoms with Crippen LogP contribution in [0.2, 0.25) is 5.02 Å². The molecule has 26 heavy (non-hydrogen) atoms. The normalized spacial score (nSPS) is 16.2. The van der Waals surface area contributed by atoms with E-state index in [4.69, 9.17) is 16.3 Å². The van der Waals surface area contributed by atoms with Crippen molar-refractivity contribution in [2.45, 2.75) is 12.5 Å². The molecule has 4 nitrogen and oxygen atoms in total. The predicted molar refractivity (Wildman–Crippen MR) is 99.7 cm³/mol. The van der Waals surface area contributed by atoms with Crippen molar-refractivity contribution in [2.24, 2.45) is 0 Å². The Hall–Kier alpha value is -1.95. The van der Waals surface area contributed by atoms with Crippen molar-refractivity contribution in [3.8, 4) is 0 Å². The largest absolute Gasteiger partial charge is 0.379 e. The molecule has 1 amide bonds. The van der Waals surface area contributed by atoms with Crippen LogP contribution < -0.4 is 5.32 Å². The molecule has 1 fully saturated rings. The first-order valence-corrected chi connectivity index (χ1v) is 9.08. The number of nitrogens with one attached hydrogen (secondary N) is 1. The van der Waals surface area contributed by atoms with Crippen molar-refractivity contribution in [3.63, 3.8) is 0 Å². The summed E-state index contributed by atoms with van der Waals surface area (Å²) in [5.41, 5.74) is 1.90. The molecule has 2 aromatic rings. The fourth-order valence-corrected chi connectivity index (χ4v) is 3.22. The Morgan fingerprint density at radius 2 is 1.77 bits per heavy atom. The average molecular weight is 377 g/mol. The number of carbonyl (C=O) groups is 1. The second kappa shape index (κ2) is 9.12. The van der Waals surface area contributed by atoms with Crippen LogP contribution in [0.1, 0.15) is 17.2 Å². The minimum atomic E-state index is -0.263. The average Bonchev–Trinajstić information content (AvgIpc) is 2.66. The smallest absolute Gasteiger partial charge is 0.224 e. The van der Waals surface area contributed by atoms with Gasteiger partial charge in [-0.05, 0) is 35.4 Å². The molecule has 0 saturated carbocycles. The van der Waals surface area contributed by atoms with Crippen molar-refractivity contribution < 1.29 is 13.9 Å². The summed E-state index contributed by atoms with van der Waals surface area (Å²) in [5.74, 6) is -0.311. The summed E-state index contributed by atoms with van der Waals surface area (Å²) < 4.78 is 18.7. The number of ether oxygens (including phenoxy) is 1. The Morgan fingerprint density at radius 1 is 1.12 bits per heavy atom. The molecule has 3 rings (SSSR count). The quantitative estimate of drug-likeness (QED) is 0.841. The first kappa shape index (κ1) is 18.8. The second-order valence-corrected chi connectivity index (χ2v) is 6.76. The molecule has 0 aliphatic carbocycles. The zero-order chi connectivity index (χ0) is 18.4. The minimum absolute atomic E-state index is 0.00586. The number of amides is 1. The van der Waals surface area contributed by atoms with Gasteiger partial charge in [0.05, 0.1) is 25.7 Å². The lowest BCUT2D eigenvalue weighted by Crippen LogP contribution is -2.44. The molecule has 0 radical (unpaired) electrons. The fraction of sp³-hybridized carbons (Fsp3) is 0.350. The molecule has 1 N–H and O–H groups in total. The summed E-state index contributed by atoms with van der Waals surface area (Å²) in [7, 11) is 0. The topological polar surface area (TPSA) is 41.6 Å². The second-order valence-electron chi connectivity index (χ2n) is 6.32. The predicted octanol–water partition coefficient (Wildman–Crippen LogP) is 3.21. The number of hydrogen-bond donors (Lipinski definition) is 1. The number of halogens is 2. The minimum Gasteiger partial charge on any atom is -0.379 e. The molecule has 1 heterocycles. The number of rotatable bonds is 6. The Balaban J connectivity index is 1.64. The number of morpholine rings is 1. The molecular formula is C20H22ClFN2O2. The van der Waals surface area contributed by atoms with Gasteiger partial charge in [0.25, 0.3) is 0 Å². The number of benzene rings is 2. The molecule has 0 spiro atoms. The van der Waals surface area contributed by atoms with Crippen molar-refractivity contribution in [2.75, 3.05) is 32.8 Å². The van der Waals surface area contributed by atoms with Crippen molar-refractivity contribution in [3.05, 3.63) is 70.5 Å². The van der Waals surface area contributed by atoms with E-state index in [0.717, 1.165) is 24.2 Å². The third-order valence-electron chi connectivity index (χ3n) is 4.51. The van der Waals surface area contributed by atoms with Crippen LogP contribution in [0.15, 0.2) is 48.5 Å². The standard InChI is InChI=1S/C20H22ClFN2O2/c21-17-5-1-15(2-6-17)13-20(25)23-14-19(24-9-11-26-12-10-24)16-3-7-18(22)8-4-16/h1-8,19H,9-14H2,(H,23,25)/t19-/m0/s1. The summed E-state index contributed by atoms with van der Waals surface area (Å²) in [4.78, 5) is 14.6. The molecule has 1 atom stereocenters. The van der Waals surface area contributed by atoms with Crippen molar-refractivity contribution in [1.82, 2.24) is 10.2 Å². The van der Waals surface area contributed by atoms with E-state index in [0.29, 0.717) is 31.2 Å². The van der Waals surface area contributed by atoms with Crippen LogP contribution in [0.4, 0.5) is 4.39 Å². The molecule has 0 bridgehead atoms. The zero-order valence-electron chi connectivity index (χ0n) is 14.5. The van der Waals surface area contributed by atoms with Gasteiger partial charge in [-0.15, -0.1) is 0 Å². The summed E-state index contributed by atoms with van der Waals surface area (Å²) in [6.07, 6.45) is 0.302. The SMILES string of the molecule is O=C(Cc1ccc(Cl)cc1)NC[C@@H](c1ccc(F)cc1)N1CCOCC1. The van der Waals surface area contributed by atoms with E-state index in [9.17, 15) is 9.18 Å². The first-order chi connectivity index (χ1) is 12.6. The number of hydrogen-bond acceptors (Lipinski definition) is 3. The maximum atomic E-state index is 13.3. The highest BCUT2D eigenvalue weighted by Crippen LogP contribution is 2.21. The lowest BCUT2D eigenvalue weighted by atomic mass is 10.0. The van der Waals surface area contributed by atoms with Gasteiger partial charge < -0.3 is 10.1 Å². The number of nitrogens with zero attached hydrogens (tertiary/aromatic N) is 1. The van der Waals surface area contributed by atoms with Gasteiger partial charge >= 0.3 is 0 Å². The number of carbonyl (C=O) groups excluding carboxylic acids is 1. The molecule has 0 aromatic heterocycles. The van der Waals surface area contributed by atoms with Crippen LogP contribution in [-0.4, -0.2) is 43.7 Å². The van der Waals surface area contributed by atoms with Gasteiger partial charge in [-0.2, -0.15) is 0 Å². The van der Waals surface area contributed by atoms with Crippen LogP contribution in [0.5, 0.6) is 0 Å². The highest BCUT2D eigenvalue weighted by atomic mass is 35.5. The van der Waals surface area contributed by atoms with Gasteiger partial charge in [0.2, 0.25) is 5.91 Å². The lowest BCUT2D eigenvalue weighted by Gasteiger charge is -2.35. The van der Waals surface area contributed by atoms with E-state index in [2.05, 4.69) is 10.2 Å². The van der Waals surface area contributed by atoms with Crippen LogP contribution in [-0.2, 0) is 16.0 Å². The molecule has 6 heteroatoms. The Labute approximate surface area is 157 Å². The summed E-state index contributed by atoms with van der Waals surface area (Å²) >= 11 is 5.87. The van der Waals surface area contributed by atoms with Gasteiger partial charge in [0, 0.05) is 24.7 Å². The highest BCUT2D eigenvalue weighted by molar-refractivity contribution is 6.30. The third-order valence-corrected chi connectivity index (χ3v) is 4.76. The van der Waals surface area contributed by atoms with E-state index >= 15 is 0 Å². The molecule has 138 valence electrons. The molecule has 0 unspecified atom stereocenters. The Morgan fingerprint density at radius 3 is 2.42 bits per heavy atom. The zero-order valence-corrected chi connectivity index (χ0v) is 15.2. The first-order valence-electron chi connectivity index (χ1n) is 8.70. The Kier molecular flexibility index (Phi) is 6.61. The van der Waals surface area contributed by atoms with E-state index in [1.165, 1.54) is 12.1 Å². The van der Waals surface area contributed by atoms with Gasteiger partial charge in [0.1, 0.15) is 5.82 Å². The van der Waals surface area contributed by atoms with Gasteiger partial charge in [-0.25, -0.2) is 4.39 Å². The van der Waals surface area contributed by atoms with Gasteiger partial charge in [0.15, 0.2) is 0 Å². The van der Waals surface area contributed by atoms with Crippen molar-refractivity contribution >= 4 is 17.5 Å². The van der Waals surface area contributed by atoms with Gasteiger partial charge in [-0.3, -0.25) is 9.69 Å². The summed E-state index contributed by atoms with van der Waals surface area (Å²) in [6, 6.07) is 13.7. The van der Waals surface area contributed by atoms with E-state index in [1.54, 1.807) is 24.3 Å². The maximum Gasteiger partial charge on any atom is 0.224 e. The summed E-state index contributed by atoms with van der Waals surface area (Å²) in [5, 5.41) is 3.66. The monoisotopic (exact) mass is 376 g/mol. The summed E-state index contributed by atoms with van der Waals surface area (Å²) in [6.45, 7) is 3.37. The van der Waals surface area contributed by atoms with Crippen LogP contribution in [0.3, 0.4) is 0 Å². The highest BCUT2D eigenvalue weighted by Gasteiger charge is 2.23. The Bertz CT molecular complexity index is 716. The fourth-order valence-electron chi connectivity index (χ4n) is 3.09.